The smallest absolute Gasteiger partial charge is 0.270 e. The minimum atomic E-state index is -0.530. The van der Waals surface area contributed by atoms with Crippen molar-refractivity contribution in [3.63, 3.8) is 0 Å². The van der Waals surface area contributed by atoms with Gasteiger partial charge in [-0.2, -0.15) is 0 Å². The molecule has 9 nitrogen and oxygen atoms in total. The van der Waals surface area contributed by atoms with E-state index in [1.54, 1.807) is 18.1 Å². The zero-order valence-corrected chi connectivity index (χ0v) is 24.2. The predicted molar refractivity (Wildman–Crippen MR) is 161 cm³/mol. The van der Waals surface area contributed by atoms with Crippen LogP contribution in [0.25, 0.3) is 0 Å². The SMILES string of the molecule is CCC(C)N(CC(=O)N(Cc1ccccc1)Cc1cccn1Cc1cccc(OC)c1)C(=O)c1cccc([N+](=O)[O-])c1. The minimum Gasteiger partial charge on any atom is -0.497 e. The fourth-order valence-electron chi connectivity index (χ4n) is 4.76. The van der Waals surface area contributed by atoms with E-state index in [0.29, 0.717) is 26.1 Å². The Balaban J connectivity index is 1.60. The molecule has 1 atom stereocenters. The molecule has 0 aliphatic heterocycles. The van der Waals surface area contributed by atoms with Crippen LogP contribution in [-0.4, -0.2) is 50.8 Å². The molecule has 4 aromatic rings. The lowest BCUT2D eigenvalue weighted by Gasteiger charge is -2.31. The summed E-state index contributed by atoms with van der Waals surface area (Å²) >= 11 is 0. The first-order chi connectivity index (χ1) is 20.3. The van der Waals surface area contributed by atoms with Crippen molar-refractivity contribution < 1.29 is 19.2 Å². The van der Waals surface area contributed by atoms with Gasteiger partial charge in [0.25, 0.3) is 11.6 Å². The maximum absolute atomic E-state index is 14.0. The number of nitro benzene ring substituents is 1. The topological polar surface area (TPSA) is 97.9 Å². The van der Waals surface area contributed by atoms with Crippen LogP contribution in [0.4, 0.5) is 5.69 Å². The van der Waals surface area contributed by atoms with Gasteiger partial charge in [0, 0.05) is 48.7 Å². The lowest BCUT2D eigenvalue weighted by Crippen LogP contribution is -2.46. The van der Waals surface area contributed by atoms with Crippen molar-refractivity contribution in [3.05, 3.63) is 130 Å². The Kier molecular flexibility index (Phi) is 10.1. The molecular formula is C33H36N4O5. The monoisotopic (exact) mass is 568 g/mol. The van der Waals surface area contributed by atoms with Crippen LogP contribution in [0.3, 0.4) is 0 Å². The Bertz CT molecular complexity index is 1520. The summed E-state index contributed by atoms with van der Waals surface area (Å²) in [7, 11) is 1.64. The first kappa shape index (κ1) is 30.0. The van der Waals surface area contributed by atoms with E-state index in [0.717, 1.165) is 22.6 Å². The van der Waals surface area contributed by atoms with Crippen LogP contribution in [0, 0.1) is 10.1 Å². The van der Waals surface area contributed by atoms with Crippen LogP contribution < -0.4 is 4.74 Å². The van der Waals surface area contributed by atoms with Gasteiger partial charge >= 0.3 is 0 Å². The summed E-state index contributed by atoms with van der Waals surface area (Å²) in [4.78, 5) is 41.6. The number of methoxy groups -OCH3 is 1. The van der Waals surface area contributed by atoms with Crippen molar-refractivity contribution >= 4 is 17.5 Å². The minimum absolute atomic E-state index is 0.153. The summed E-state index contributed by atoms with van der Waals surface area (Å²) in [6.07, 6.45) is 2.60. The van der Waals surface area contributed by atoms with Crippen molar-refractivity contribution in [1.29, 1.82) is 0 Å². The van der Waals surface area contributed by atoms with Crippen molar-refractivity contribution in [2.24, 2.45) is 0 Å². The quantitative estimate of drug-likeness (QED) is 0.147. The lowest BCUT2D eigenvalue weighted by molar-refractivity contribution is -0.384. The molecule has 0 aliphatic carbocycles. The molecule has 2 amide bonds. The zero-order chi connectivity index (χ0) is 30.1. The van der Waals surface area contributed by atoms with E-state index < -0.39 is 10.8 Å². The molecule has 0 fully saturated rings. The fraction of sp³-hybridized carbons (Fsp3) is 0.273. The maximum Gasteiger partial charge on any atom is 0.270 e. The molecule has 9 heteroatoms. The van der Waals surface area contributed by atoms with Crippen LogP contribution in [0.1, 0.15) is 47.4 Å². The molecule has 218 valence electrons. The molecule has 1 heterocycles. The highest BCUT2D eigenvalue weighted by molar-refractivity contribution is 5.97. The van der Waals surface area contributed by atoms with Crippen molar-refractivity contribution in [2.45, 2.75) is 45.9 Å². The van der Waals surface area contributed by atoms with Gasteiger partial charge in [-0.25, -0.2) is 0 Å². The molecule has 42 heavy (non-hydrogen) atoms. The molecule has 0 saturated heterocycles. The van der Waals surface area contributed by atoms with E-state index in [9.17, 15) is 19.7 Å². The third-order valence-electron chi connectivity index (χ3n) is 7.33. The number of aromatic nitrogens is 1. The Morgan fingerprint density at radius 2 is 1.67 bits per heavy atom. The van der Waals surface area contributed by atoms with Crippen LogP contribution in [0.15, 0.2) is 97.2 Å². The van der Waals surface area contributed by atoms with Crippen LogP contribution >= 0.6 is 0 Å². The Morgan fingerprint density at radius 3 is 2.38 bits per heavy atom. The number of carbonyl (C=O) groups is 2. The first-order valence-electron chi connectivity index (χ1n) is 13.9. The van der Waals surface area contributed by atoms with Gasteiger partial charge in [-0.1, -0.05) is 55.5 Å². The summed E-state index contributed by atoms with van der Waals surface area (Å²) in [6.45, 7) is 4.98. The molecule has 0 bridgehead atoms. The van der Waals surface area contributed by atoms with E-state index in [-0.39, 0.29) is 29.7 Å². The average Bonchev–Trinajstić information content (AvgIpc) is 3.45. The summed E-state index contributed by atoms with van der Waals surface area (Å²) < 4.78 is 7.47. The van der Waals surface area contributed by atoms with Crippen molar-refractivity contribution in [3.8, 4) is 5.75 Å². The number of hydrogen-bond donors (Lipinski definition) is 0. The fourth-order valence-corrected chi connectivity index (χ4v) is 4.76. The summed E-state index contributed by atoms with van der Waals surface area (Å²) in [6, 6.07) is 26.9. The molecule has 1 unspecified atom stereocenters. The number of benzene rings is 3. The second-order valence-electron chi connectivity index (χ2n) is 10.2. The van der Waals surface area contributed by atoms with E-state index in [1.165, 1.54) is 23.1 Å². The zero-order valence-electron chi connectivity index (χ0n) is 24.2. The van der Waals surface area contributed by atoms with Gasteiger partial charge in [-0.3, -0.25) is 19.7 Å². The van der Waals surface area contributed by atoms with Gasteiger partial charge in [-0.15, -0.1) is 0 Å². The van der Waals surface area contributed by atoms with Gasteiger partial charge in [0.2, 0.25) is 5.91 Å². The number of ether oxygens (including phenoxy) is 1. The largest absolute Gasteiger partial charge is 0.497 e. The van der Waals surface area contributed by atoms with Crippen LogP contribution in [0.5, 0.6) is 5.75 Å². The number of amides is 2. The van der Waals surface area contributed by atoms with Gasteiger partial charge < -0.3 is 19.1 Å². The normalized spacial score (nSPS) is 11.5. The number of nitro groups is 1. The first-order valence-corrected chi connectivity index (χ1v) is 13.9. The van der Waals surface area contributed by atoms with Crippen LogP contribution in [-0.2, 0) is 24.4 Å². The van der Waals surface area contributed by atoms with Gasteiger partial charge in [-0.05, 0) is 54.8 Å². The average molecular weight is 569 g/mol. The van der Waals surface area contributed by atoms with E-state index in [1.807, 2.05) is 86.8 Å². The van der Waals surface area contributed by atoms with Crippen molar-refractivity contribution in [2.75, 3.05) is 13.7 Å². The maximum atomic E-state index is 14.0. The highest BCUT2D eigenvalue weighted by Crippen LogP contribution is 2.20. The molecule has 0 radical (unpaired) electrons. The molecule has 0 N–H and O–H groups in total. The standard InChI is InChI=1S/C33H36N4O5/c1-4-25(2)36(33(39)28-14-9-15-29(20-28)37(40)41)24-32(38)35(21-26-11-6-5-7-12-26)23-30-16-10-18-34(30)22-27-13-8-17-31(19-27)42-3/h5-20,25H,4,21-24H2,1-3H3. The molecule has 0 spiro atoms. The highest BCUT2D eigenvalue weighted by atomic mass is 16.6. The second-order valence-corrected chi connectivity index (χ2v) is 10.2. The van der Waals surface area contributed by atoms with Gasteiger partial charge in [0.1, 0.15) is 12.3 Å². The molecule has 4 rings (SSSR count). The van der Waals surface area contributed by atoms with E-state index in [4.69, 9.17) is 4.74 Å². The number of carbonyl (C=O) groups excluding carboxylic acids is 2. The number of hydrogen-bond acceptors (Lipinski definition) is 5. The van der Waals surface area contributed by atoms with Gasteiger partial charge in [0.15, 0.2) is 0 Å². The second kappa shape index (κ2) is 14.1. The molecule has 3 aromatic carbocycles. The highest BCUT2D eigenvalue weighted by Gasteiger charge is 2.27. The molecule has 0 aliphatic rings. The van der Waals surface area contributed by atoms with Crippen LogP contribution in [0.2, 0.25) is 0 Å². The van der Waals surface area contributed by atoms with E-state index in [2.05, 4.69) is 4.57 Å². The Hall–Kier alpha value is -4.92. The summed E-state index contributed by atoms with van der Waals surface area (Å²) in [5, 5.41) is 11.3. The molecular weight excluding hydrogens is 532 g/mol. The molecule has 1 aromatic heterocycles. The number of nitrogens with zero attached hydrogens (tertiary/aromatic N) is 4. The summed E-state index contributed by atoms with van der Waals surface area (Å²) in [5.41, 5.74) is 3.00. The molecule has 0 saturated carbocycles. The van der Waals surface area contributed by atoms with Crippen molar-refractivity contribution in [1.82, 2.24) is 14.4 Å². The number of rotatable bonds is 13. The summed E-state index contributed by atoms with van der Waals surface area (Å²) in [5.74, 6) is 0.148. The number of non-ortho nitro benzene ring substituents is 1. The van der Waals surface area contributed by atoms with Gasteiger partial charge in [0.05, 0.1) is 18.6 Å². The third-order valence-corrected chi connectivity index (χ3v) is 7.33. The lowest BCUT2D eigenvalue weighted by atomic mass is 10.1. The Labute approximate surface area is 246 Å². The van der Waals surface area contributed by atoms with E-state index >= 15 is 0 Å². The predicted octanol–water partition coefficient (Wildman–Crippen LogP) is 5.92. The third kappa shape index (κ3) is 7.63. The Morgan fingerprint density at radius 1 is 0.929 bits per heavy atom.